The first-order valence-corrected chi connectivity index (χ1v) is 10.4. The molecular formula is C19H14Cl3N3O3S. The van der Waals surface area contributed by atoms with Crippen molar-refractivity contribution in [3.8, 4) is 11.3 Å². The van der Waals surface area contributed by atoms with Crippen LogP contribution in [0.5, 0.6) is 0 Å². The number of halogens is 3. The zero-order chi connectivity index (χ0) is 21.0. The zero-order valence-corrected chi connectivity index (χ0v) is 18.1. The Morgan fingerprint density at radius 1 is 1.21 bits per heavy atom. The number of aromatic nitrogens is 2. The fourth-order valence-electron chi connectivity index (χ4n) is 2.39. The molecule has 2 aromatic heterocycles. The van der Waals surface area contributed by atoms with Gasteiger partial charge in [-0.15, -0.1) is 11.3 Å². The molecule has 3 aromatic rings. The zero-order valence-electron chi connectivity index (χ0n) is 15.0. The summed E-state index contributed by atoms with van der Waals surface area (Å²) in [5.41, 5.74) is 1.51. The Bertz CT molecular complexity index is 1060. The maximum absolute atomic E-state index is 12.5. The van der Waals surface area contributed by atoms with E-state index in [1.165, 1.54) is 29.7 Å². The molecule has 10 heteroatoms. The van der Waals surface area contributed by atoms with Crippen LogP contribution in [-0.2, 0) is 9.53 Å². The second-order valence-corrected chi connectivity index (χ2v) is 7.91. The number of pyridine rings is 1. The minimum atomic E-state index is -0.985. The standard InChI is InChI=1S/C19H14Cl3N3O3S/c1-2-15(28-18(27)10-5-6-23-16(22)7-10)17(26)25-19-24-14(9-29-19)12-4-3-11(20)8-13(12)21/h3-9,15H,2H2,1H3,(H,24,25,26). The van der Waals surface area contributed by atoms with Crippen molar-refractivity contribution in [1.82, 2.24) is 9.97 Å². The molecule has 29 heavy (non-hydrogen) atoms. The predicted molar refractivity (Wildman–Crippen MR) is 115 cm³/mol. The number of amides is 1. The number of carbonyl (C=O) groups excluding carboxylic acids is 2. The summed E-state index contributed by atoms with van der Waals surface area (Å²) in [7, 11) is 0. The molecule has 1 N–H and O–H groups in total. The van der Waals surface area contributed by atoms with E-state index in [0.29, 0.717) is 26.4 Å². The van der Waals surface area contributed by atoms with Gasteiger partial charge in [0.1, 0.15) is 5.15 Å². The smallest absolute Gasteiger partial charge is 0.339 e. The molecule has 0 saturated carbocycles. The minimum Gasteiger partial charge on any atom is -0.449 e. The molecule has 1 atom stereocenters. The van der Waals surface area contributed by atoms with Crippen molar-refractivity contribution in [3.05, 3.63) is 62.7 Å². The van der Waals surface area contributed by atoms with Crippen LogP contribution < -0.4 is 5.32 Å². The van der Waals surface area contributed by atoms with E-state index in [4.69, 9.17) is 39.5 Å². The Kier molecular flexibility index (Phi) is 7.08. The molecule has 0 saturated heterocycles. The lowest BCUT2D eigenvalue weighted by atomic mass is 10.2. The number of benzene rings is 1. The van der Waals surface area contributed by atoms with Crippen LogP contribution in [-0.4, -0.2) is 27.9 Å². The number of carbonyl (C=O) groups is 2. The molecule has 0 radical (unpaired) electrons. The van der Waals surface area contributed by atoms with Crippen molar-refractivity contribution in [2.45, 2.75) is 19.4 Å². The molecule has 2 heterocycles. The molecule has 0 aliphatic heterocycles. The average Bonchev–Trinajstić information content (AvgIpc) is 3.13. The van der Waals surface area contributed by atoms with E-state index in [0.717, 1.165) is 0 Å². The van der Waals surface area contributed by atoms with Gasteiger partial charge in [-0.2, -0.15) is 0 Å². The third kappa shape index (κ3) is 5.45. The molecule has 3 rings (SSSR count). The molecule has 0 fully saturated rings. The number of esters is 1. The van der Waals surface area contributed by atoms with E-state index in [2.05, 4.69) is 15.3 Å². The molecule has 0 aliphatic rings. The molecule has 0 bridgehead atoms. The Morgan fingerprint density at radius 2 is 2.00 bits per heavy atom. The summed E-state index contributed by atoms with van der Waals surface area (Å²) >= 11 is 19.1. The first-order valence-electron chi connectivity index (χ1n) is 8.41. The van der Waals surface area contributed by atoms with Crippen LogP contribution in [0.4, 0.5) is 5.13 Å². The van der Waals surface area contributed by atoms with Crippen molar-refractivity contribution in [1.29, 1.82) is 0 Å². The lowest BCUT2D eigenvalue weighted by Crippen LogP contribution is -2.32. The number of anilines is 1. The van der Waals surface area contributed by atoms with Crippen LogP contribution in [0.15, 0.2) is 41.9 Å². The third-order valence-corrected chi connectivity index (χ3v) is 5.33. The summed E-state index contributed by atoms with van der Waals surface area (Å²) in [5.74, 6) is -1.15. The summed E-state index contributed by atoms with van der Waals surface area (Å²) in [4.78, 5) is 33.0. The van der Waals surface area contributed by atoms with Crippen LogP contribution in [0, 0.1) is 0 Å². The van der Waals surface area contributed by atoms with Crippen molar-refractivity contribution >= 4 is 63.1 Å². The number of thiazole rings is 1. The van der Waals surface area contributed by atoms with Crippen LogP contribution in [0.25, 0.3) is 11.3 Å². The first kappa shape index (κ1) is 21.5. The number of nitrogens with zero attached hydrogens (tertiary/aromatic N) is 2. The van der Waals surface area contributed by atoms with E-state index in [9.17, 15) is 9.59 Å². The lowest BCUT2D eigenvalue weighted by molar-refractivity contribution is -0.124. The van der Waals surface area contributed by atoms with Crippen LogP contribution >= 0.6 is 46.1 Å². The number of ether oxygens (including phenoxy) is 1. The normalized spacial score (nSPS) is 11.7. The number of hydrogen-bond donors (Lipinski definition) is 1. The lowest BCUT2D eigenvalue weighted by Gasteiger charge is -2.15. The van der Waals surface area contributed by atoms with Crippen LogP contribution in [0.2, 0.25) is 15.2 Å². The summed E-state index contributed by atoms with van der Waals surface area (Å²) in [6.07, 6.45) is 0.692. The average molecular weight is 471 g/mol. The summed E-state index contributed by atoms with van der Waals surface area (Å²) in [6, 6.07) is 7.91. The van der Waals surface area contributed by atoms with Gasteiger partial charge in [0, 0.05) is 22.2 Å². The van der Waals surface area contributed by atoms with Gasteiger partial charge in [-0.3, -0.25) is 10.1 Å². The SMILES string of the molecule is CCC(OC(=O)c1ccnc(Cl)c1)C(=O)Nc1nc(-c2ccc(Cl)cc2Cl)cs1. The maximum atomic E-state index is 12.5. The molecule has 1 amide bonds. The fraction of sp³-hybridized carbons (Fsp3) is 0.158. The highest BCUT2D eigenvalue weighted by Gasteiger charge is 2.23. The van der Waals surface area contributed by atoms with E-state index in [1.807, 2.05) is 0 Å². The van der Waals surface area contributed by atoms with Gasteiger partial charge in [0.25, 0.3) is 5.91 Å². The van der Waals surface area contributed by atoms with E-state index in [-0.39, 0.29) is 17.1 Å². The van der Waals surface area contributed by atoms with E-state index in [1.54, 1.807) is 30.5 Å². The second kappa shape index (κ2) is 9.54. The van der Waals surface area contributed by atoms with Gasteiger partial charge < -0.3 is 4.74 Å². The fourth-order valence-corrected chi connectivity index (χ4v) is 3.78. The summed E-state index contributed by atoms with van der Waals surface area (Å²) in [6.45, 7) is 1.73. The van der Waals surface area contributed by atoms with Gasteiger partial charge in [0.15, 0.2) is 11.2 Å². The first-order chi connectivity index (χ1) is 13.9. The largest absolute Gasteiger partial charge is 0.449 e. The molecule has 6 nitrogen and oxygen atoms in total. The van der Waals surface area contributed by atoms with Gasteiger partial charge in [-0.05, 0) is 36.8 Å². The van der Waals surface area contributed by atoms with Crippen LogP contribution in [0.3, 0.4) is 0 Å². The topological polar surface area (TPSA) is 81.2 Å². The molecule has 1 aromatic carbocycles. The Morgan fingerprint density at radius 3 is 2.69 bits per heavy atom. The van der Waals surface area contributed by atoms with E-state index < -0.39 is 18.0 Å². The molecule has 0 aliphatic carbocycles. The van der Waals surface area contributed by atoms with Gasteiger partial charge in [0.05, 0.1) is 16.3 Å². The Balaban J connectivity index is 1.68. The second-order valence-electron chi connectivity index (χ2n) is 5.82. The summed E-state index contributed by atoms with van der Waals surface area (Å²) < 4.78 is 5.30. The highest BCUT2D eigenvalue weighted by Crippen LogP contribution is 2.32. The third-order valence-electron chi connectivity index (χ3n) is 3.82. The van der Waals surface area contributed by atoms with Crippen molar-refractivity contribution < 1.29 is 14.3 Å². The molecule has 0 spiro atoms. The van der Waals surface area contributed by atoms with Crippen molar-refractivity contribution in [2.24, 2.45) is 0 Å². The highest BCUT2D eigenvalue weighted by atomic mass is 35.5. The summed E-state index contributed by atoms with van der Waals surface area (Å²) in [5, 5.41) is 5.92. The Labute approximate surface area is 185 Å². The highest BCUT2D eigenvalue weighted by molar-refractivity contribution is 7.14. The predicted octanol–water partition coefficient (Wildman–Crippen LogP) is 5.74. The number of hydrogen-bond acceptors (Lipinski definition) is 6. The minimum absolute atomic E-state index is 0.160. The van der Waals surface area contributed by atoms with Gasteiger partial charge in [0.2, 0.25) is 0 Å². The maximum Gasteiger partial charge on any atom is 0.339 e. The quantitative estimate of drug-likeness (QED) is 0.367. The van der Waals surface area contributed by atoms with Gasteiger partial charge >= 0.3 is 5.97 Å². The van der Waals surface area contributed by atoms with Gasteiger partial charge in [-0.25, -0.2) is 14.8 Å². The molecular weight excluding hydrogens is 457 g/mol. The Hall–Kier alpha value is -2.19. The monoisotopic (exact) mass is 469 g/mol. The number of rotatable bonds is 6. The van der Waals surface area contributed by atoms with Crippen molar-refractivity contribution in [2.75, 3.05) is 5.32 Å². The molecule has 1 unspecified atom stereocenters. The van der Waals surface area contributed by atoms with E-state index >= 15 is 0 Å². The van der Waals surface area contributed by atoms with Crippen molar-refractivity contribution in [3.63, 3.8) is 0 Å². The molecule has 150 valence electrons. The van der Waals surface area contributed by atoms with Crippen LogP contribution in [0.1, 0.15) is 23.7 Å². The number of nitrogens with one attached hydrogen (secondary N) is 1. The van der Waals surface area contributed by atoms with Gasteiger partial charge in [-0.1, -0.05) is 41.7 Å².